The monoisotopic (exact) mass is 267 g/mol. The molecule has 0 aromatic carbocycles. The summed E-state index contributed by atoms with van der Waals surface area (Å²) in [5, 5.41) is 0. The molecule has 2 fully saturated rings. The maximum Gasteiger partial charge on any atom is 0.0138 e. The van der Waals surface area contributed by atoms with Crippen molar-refractivity contribution in [2.24, 2.45) is 17.6 Å². The van der Waals surface area contributed by atoms with E-state index in [-0.39, 0.29) is 0 Å². The summed E-state index contributed by atoms with van der Waals surface area (Å²) >= 11 is 0. The van der Waals surface area contributed by atoms with Crippen molar-refractivity contribution in [3.8, 4) is 0 Å². The first-order valence-corrected chi connectivity index (χ1v) is 8.26. The number of hydrogen-bond donors (Lipinski definition) is 1. The summed E-state index contributed by atoms with van der Waals surface area (Å²) in [7, 11) is 4.44. The summed E-state index contributed by atoms with van der Waals surface area (Å²) < 4.78 is 0. The van der Waals surface area contributed by atoms with Crippen molar-refractivity contribution in [2.75, 3.05) is 33.7 Å². The molecular formula is C16H33N3. The zero-order valence-corrected chi connectivity index (χ0v) is 13.1. The molecule has 1 aliphatic heterocycles. The number of piperidine rings is 1. The second-order valence-electron chi connectivity index (χ2n) is 6.88. The zero-order chi connectivity index (χ0) is 13.8. The van der Waals surface area contributed by atoms with Gasteiger partial charge in [-0.2, -0.15) is 0 Å². The predicted molar refractivity (Wildman–Crippen MR) is 82.2 cm³/mol. The Labute approximate surface area is 119 Å². The number of hydrogen-bond acceptors (Lipinski definition) is 3. The fourth-order valence-electron chi connectivity index (χ4n) is 4.12. The minimum atomic E-state index is 0.749. The van der Waals surface area contributed by atoms with Gasteiger partial charge in [0.25, 0.3) is 0 Å². The first-order chi connectivity index (χ1) is 9.15. The predicted octanol–water partition coefficient (Wildman–Crippen LogP) is 2.17. The molecule has 3 unspecified atom stereocenters. The Morgan fingerprint density at radius 3 is 2.32 bits per heavy atom. The molecule has 19 heavy (non-hydrogen) atoms. The average Bonchev–Trinajstić information content (AvgIpc) is 2.46. The first kappa shape index (κ1) is 15.3. The highest BCUT2D eigenvalue weighted by Crippen LogP contribution is 2.35. The maximum absolute atomic E-state index is 6.03. The Balaban J connectivity index is 1.91. The van der Waals surface area contributed by atoms with Crippen LogP contribution in [0.25, 0.3) is 0 Å². The number of nitrogens with two attached hydrogens (primary N) is 1. The standard InChI is InChI=1S/C16H33N3/c1-4-13-5-6-14(12-17)16(11-13)19-9-7-15(8-10-19)18(2)3/h13-16H,4-12,17H2,1-3H3. The highest BCUT2D eigenvalue weighted by atomic mass is 15.2. The summed E-state index contributed by atoms with van der Waals surface area (Å²) in [5.74, 6) is 1.69. The Kier molecular flexibility index (Phi) is 5.67. The van der Waals surface area contributed by atoms with Gasteiger partial charge in [0.15, 0.2) is 0 Å². The Hall–Kier alpha value is -0.120. The lowest BCUT2D eigenvalue weighted by Gasteiger charge is -2.46. The molecule has 0 aromatic rings. The third-order valence-electron chi connectivity index (χ3n) is 5.64. The van der Waals surface area contributed by atoms with E-state index in [9.17, 15) is 0 Å². The highest BCUT2D eigenvalue weighted by Gasteiger charge is 2.34. The van der Waals surface area contributed by atoms with Crippen LogP contribution in [0.1, 0.15) is 45.4 Å². The van der Waals surface area contributed by atoms with Gasteiger partial charge >= 0.3 is 0 Å². The molecule has 1 saturated heterocycles. The maximum atomic E-state index is 6.03. The molecule has 2 N–H and O–H groups in total. The van der Waals surface area contributed by atoms with Crippen molar-refractivity contribution in [3.05, 3.63) is 0 Å². The minimum Gasteiger partial charge on any atom is -0.330 e. The van der Waals surface area contributed by atoms with E-state index in [0.29, 0.717) is 0 Å². The molecule has 0 bridgehead atoms. The minimum absolute atomic E-state index is 0.749. The lowest BCUT2D eigenvalue weighted by atomic mass is 9.76. The van der Waals surface area contributed by atoms with E-state index in [4.69, 9.17) is 5.73 Å². The van der Waals surface area contributed by atoms with Crippen LogP contribution in [0.5, 0.6) is 0 Å². The van der Waals surface area contributed by atoms with E-state index in [0.717, 1.165) is 30.5 Å². The Bertz CT molecular complexity index is 259. The van der Waals surface area contributed by atoms with E-state index in [1.54, 1.807) is 0 Å². The van der Waals surface area contributed by atoms with Crippen LogP contribution in [0.3, 0.4) is 0 Å². The molecule has 0 radical (unpaired) electrons. The second kappa shape index (κ2) is 7.05. The van der Waals surface area contributed by atoms with Gasteiger partial charge in [-0.1, -0.05) is 19.8 Å². The van der Waals surface area contributed by atoms with Crippen LogP contribution in [-0.2, 0) is 0 Å². The van der Waals surface area contributed by atoms with Crippen LogP contribution >= 0.6 is 0 Å². The van der Waals surface area contributed by atoms with Gasteiger partial charge in [-0.25, -0.2) is 0 Å². The van der Waals surface area contributed by atoms with Crippen molar-refractivity contribution >= 4 is 0 Å². The fraction of sp³-hybridized carbons (Fsp3) is 1.00. The van der Waals surface area contributed by atoms with Gasteiger partial charge < -0.3 is 10.6 Å². The molecular weight excluding hydrogens is 234 g/mol. The van der Waals surface area contributed by atoms with Crippen LogP contribution in [0.2, 0.25) is 0 Å². The number of likely N-dealkylation sites (tertiary alicyclic amines) is 1. The van der Waals surface area contributed by atoms with Gasteiger partial charge in [-0.15, -0.1) is 0 Å². The molecule has 2 aliphatic rings. The number of rotatable bonds is 4. The van der Waals surface area contributed by atoms with E-state index < -0.39 is 0 Å². The van der Waals surface area contributed by atoms with Crippen LogP contribution in [-0.4, -0.2) is 55.6 Å². The van der Waals surface area contributed by atoms with E-state index in [1.807, 2.05) is 0 Å². The van der Waals surface area contributed by atoms with E-state index >= 15 is 0 Å². The van der Waals surface area contributed by atoms with Gasteiger partial charge in [0.05, 0.1) is 0 Å². The lowest BCUT2D eigenvalue weighted by Crippen LogP contribution is -2.52. The van der Waals surface area contributed by atoms with E-state index in [1.165, 1.54) is 51.6 Å². The molecule has 112 valence electrons. The molecule has 1 saturated carbocycles. The molecule has 0 amide bonds. The quantitative estimate of drug-likeness (QED) is 0.847. The first-order valence-electron chi connectivity index (χ1n) is 8.26. The van der Waals surface area contributed by atoms with Crippen LogP contribution in [0, 0.1) is 11.8 Å². The highest BCUT2D eigenvalue weighted by molar-refractivity contribution is 4.90. The number of nitrogens with zero attached hydrogens (tertiary/aromatic N) is 2. The SMILES string of the molecule is CCC1CCC(CN)C(N2CCC(N(C)C)CC2)C1. The topological polar surface area (TPSA) is 32.5 Å². The van der Waals surface area contributed by atoms with Gasteiger partial charge in [0.2, 0.25) is 0 Å². The molecule has 3 atom stereocenters. The summed E-state index contributed by atoms with van der Waals surface area (Å²) in [5.41, 5.74) is 6.03. The Morgan fingerprint density at radius 2 is 1.79 bits per heavy atom. The summed E-state index contributed by atoms with van der Waals surface area (Å²) in [6.07, 6.45) is 8.17. The summed E-state index contributed by atoms with van der Waals surface area (Å²) in [4.78, 5) is 5.16. The van der Waals surface area contributed by atoms with Crippen molar-refractivity contribution in [1.29, 1.82) is 0 Å². The molecule has 0 aromatic heterocycles. The molecule has 1 heterocycles. The molecule has 3 nitrogen and oxygen atoms in total. The normalized spacial score (nSPS) is 34.9. The zero-order valence-electron chi connectivity index (χ0n) is 13.1. The summed E-state index contributed by atoms with van der Waals surface area (Å²) in [6, 6.07) is 1.56. The Morgan fingerprint density at radius 1 is 1.11 bits per heavy atom. The molecule has 2 rings (SSSR count). The third-order valence-corrected chi connectivity index (χ3v) is 5.64. The van der Waals surface area contributed by atoms with Gasteiger partial charge in [0, 0.05) is 12.1 Å². The van der Waals surface area contributed by atoms with E-state index in [2.05, 4.69) is 30.8 Å². The second-order valence-corrected chi connectivity index (χ2v) is 6.88. The lowest BCUT2D eigenvalue weighted by molar-refractivity contribution is 0.0440. The largest absolute Gasteiger partial charge is 0.330 e. The smallest absolute Gasteiger partial charge is 0.0138 e. The average molecular weight is 267 g/mol. The van der Waals surface area contributed by atoms with Crippen LogP contribution in [0.4, 0.5) is 0 Å². The molecule has 3 heteroatoms. The van der Waals surface area contributed by atoms with Crippen molar-refractivity contribution in [3.63, 3.8) is 0 Å². The fourth-order valence-corrected chi connectivity index (χ4v) is 4.12. The van der Waals surface area contributed by atoms with Crippen molar-refractivity contribution in [2.45, 2.75) is 57.5 Å². The van der Waals surface area contributed by atoms with Gasteiger partial charge in [-0.3, -0.25) is 4.90 Å². The van der Waals surface area contributed by atoms with Crippen LogP contribution in [0.15, 0.2) is 0 Å². The van der Waals surface area contributed by atoms with Gasteiger partial charge in [0.1, 0.15) is 0 Å². The molecule has 1 aliphatic carbocycles. The summed E-state index contributed by atoms with van der Waals surface area (Å²) in [6.45, 7) is 5.79. The third kappa shape index (κ3) is 3.71. The van der Waals surface area contributed by atoms with Gasteiger partial charge in [-0.05, 0) is 71.2 Å². The van der Waals surface area contributed by atoms with Crippen molar-refractivity contribution < 1.29 is 0 Å². The molecule has 0 spiro atoms. The van der Waals surface area contributed by atoms with Crippen molar-refractivity contribution in [1.82, 2.24) is 9.80 Å². The van der Waals surface area contributed by atoms with Crippen LogP contribution < -0.4 is 5.73 Å².